The molecular formula is C19H48O3Si4. The highest BCUT2D eigenvalue weighted by atomic mass is 28.5. The molecule has 0 heterocycles. The number of hydrogen-bond acceptors (Lipinski definition) is 3. The molecule has 0 aliphatic heterocycles. The van der Waals surface area contributed by atoms with E-state index in [1.807, 2.05) is 0 Å². The van der Waals surface area contributed by atoms with Gasteiger partial charge in [-0.25, -0.2) is 0 Å². The van der Waals surface area contributed by atoms with Gasteiger partial charge < -0.3 is 12.3 Å². The van der Waals surface area contributed by atoms with Gasteiger partial charge in [0.1, 0.15) is 0 Å². The van der Waals surface area contributed by atoms with Gasteiger partial charge in [0.2, 0.25) is 0 Å². The van der Waals surface area contributed by atoms with E-state index in [2.05, 4.69) is 66.6 Å². The Kier molecular flexibility index (Phi) is 12.0. The van der Waals surface area contributed by atoms with Crippen molar-refractivity contribution in [1.29, 1.82) is 0 Å². The zero-order valence-corrected chi connectivity index (χ0v) is 23.6. The average Bonchev–Trinajstić information content (AvgIpc) is 2.44. The van der Waals surface area contributed by atoms with Crippen LogP contribution >= 0.6 is 0 Å². The Morgan fingerprint density at radius 1 is 0.500 bits per heavy atom. The summed E-state index contributed by atoms with van der Waals surface area (Å²) in [4.78, 5) is 0. The summed E-state index contributed by atoms with van der Waals surface area (Å²) in [5, 5.41) is 0. The van der Waals surface area contributed by atoms with Gasteiger partial charge in [0, 0.05) is 6.55 Å². The first kappa shape index (κ1) is 26.7. The highest BCUT2D eigenvalue weighted by Gasteiger charge is 2.49. The van der Waals surface area contributed by atoms with E-state index in [9.17, 15) is 0 Å². The smallest absolute Gasteiger partial charge is 0.417 e. The van der Waals surface area contributed by atoms with Gasteiger partial charge >= 0.3 is 8.80 Å². The molecule has 0 unspecified atom stereocenters. The van der Waals surface area contributed by atoms with Crippen molar-refractivity contribution in [2.24, 2.45) is 0 Å². The van der Waals surface area contributed by atoms with Crippen LogP contribution in [0.1, 0.15) is 59.3 Å². The van der Waals surface area contributed by atoms with Crippen molar-refractivity contribution in [2.75, 3.05) is 0 Å². The fraction of sp³-hybridized carbons (Fsp3) is 1.00. The van der Waals surface area contributed by atoms with Crippen LogP contribution in [0.3, 0.4) is 0 Å². The van der Waals surface area contributed by atoms with Crippen molar-refractivity contribution in [2.45, 2.75) is 123 Å². The Hall–Kier alpha value is 0.748. The summed E-state index contributed by atoms with van der Waals surface area (Å²) in [6.45, 7) is 22.7. The number of hydrogen-bond donors (Lipinski definition) is 0. The van der Waals surface area contributed by atoms with Crippen molar-refractivity contribution in [3.05, 3.63) is 0 Å². The molecule has 0 radical (unpaired) electrons. The molecule has 0 amide bonds. The van der Waals surface area contributed by atoms with Gasteiger partial charge in [-0.15, -0.1) is 0 Å². The molecule has 158 valence electrons. The van der Waals surface area contributed by atoms with E-state index in [1.54, 1.807) is 0 Å². The third-order valence-corrected chi connectivity index (χ3v) is 19.2. The first-order valence-electron chi connectivity index (χ1n) is 10.9. The lowest BCUT2D eigenvalue weighted by Gasteiger charge is -2.44. The molecule has 0 aliphatic carbocycles. The second kappa shape index (κ2) is 11.7. The molecule has 26 heavy (non-hydrogen) atoms. The molecule has 0 atom stereocenters. The molecule has 3 nitrogen and oxygen atoms in total. The summed E-state index contributed by atoms with van der Waals surface area (Å²) < 4.78 is 20.6. The largest absolute Gasteiger partial charge is 0.466 e. The summed E-state index contributed by atoms with van der Waals surface area (Å²) in [6.07, 6.45) is 7.59. The lowest BCUT2D eigenvalue weighted by Crippen LogP contribution is -2.60. The van der Waals surface area contributed by atoms with E-state index in [4.69, 9.17) is 12.3 Å². The third kappa shape index (κ3) is 12.3. The second-order valence-electron chi connectivity index (χ2n) is 9.89. The third-order valence-electron chi connectivity index (χ3n) is 4.34. The lowest BCUT2D eigenvalue weighted by molar-refractivity contribution is 0.256. The first-order valence-corrected chi connectivity index (χ1v) is 22.5. The highest BCUT2D eigenvalue weighted by molar-refractivity contribution is 6.90. The van der Waals surface area contributed by atoms with Crippen LogP contribution in [0.25, 0.3) is 0 Å². The highest BCUT2D eigenvalue weighted by Crippen LogP contribution is 2.35. The zero-order chi connectivity index (χ0) is 20.5. The van der Waals surface area contributed by atoms with Gasteiger partial charge in [-0.3, -0.25) is 0 Å². The van der Waals surface area contributed by atoms with E-state index >= 15 is 0 Å². The zero-order valence-electron chi connectivity index (χ0n) is 19.6. The minimum atomic E-state index is -2.62. The fourth-order valence-electron chi connectivity index (χ4n) is 3.59. The van der Waals surface area contributed by atoms with Crippen molar-refractivity contribution < 1.29 is 12.3 Å². The van der Waals surface area contributed by atoms with Crippen molar-refractivity contribution in [3.63, 3.8) is 0 Å². The SMILES string of the molecule is CCCC[Si](CCCC)(CCCC)O[Si](C)(O[Si](C)(C)C)O[Si](C)(C)C. The predicted octanol–water partition coefficient (Wildman–Crippen LogP) is 7.62. The van der Waals surface area contributed by atoms with Crippen molar-refractivity contribution >= 4 is 33.8 Å². The van der Waals surface area contributed by atoms with Gasteiger partial charge in [-0.05, 0) is 57.4 Å². The molecule has 0 aromatic carbocycles. The molecule has 7 heteroatoms. The molecule has 0 aliphatic rings. The lowest BCUT2D eigenvalue weighted by atomic mass is 10.4. The van der Waals surface area contributed by atoms with Gasteiger partial charge in [-0.1, -0.05) is 59.3 Å². The normalized spacial score (nSPS) is 14.1. The van der Waals surface area contributed by atoms with Gasteiger partial charge in [0.15, 0.2) is 25.0 Å². The topological polar surface area (TPSA) is 27.7 Å². The molecule has 0 N–H and O–H groups in total. The summed E-state index contributed by atoms with van der Waals surface area (Å²) >= 11 is 0. The monoisotopic (exact) mass is 436 g/mol. The summed E-state index contributed by atoms with van der Waals surface area (Å²) in [6, 6.07) is 3.82. The predicted molar refractivity (Wildman–Crippen MR) is 126 cm³/mol. The Morgan fingerprint density at radius 2 is 0.808 bits per heavy atom. The summed E-state index contributed by atoms with van der Waals surface area (Å²) in [5.41, 5.74) is 0. The first-order chi connectivity index (χ1) is 11.8. The molecule has 0 saturated heterocycles. The van der Waals surface area contributed by atoms with Gasteiger partial charge in [0.25, 0.3) is 0 Å². The molecule has 0 aromatic rings. The average molecular weight is 437 g/mol. The molecule has 0 aromatic heterocycles. The molecule has 0 rings (SSSR count). The quantitative estimate of drug-likeness (QED) is 0.247. The fourth-order valence-corrected chi connectivity index (χ4v) is 22.2. The Labute approximate surface area is 169 Å². The van der Waals surface area contributed by atoms with Crippen LogP contribution in [-0.4, -0.2) is 33.8 Å². The summed E-state index contributed by atoms with van der Waals surface area (Å²) in [7, 11) is -7.92. The maximum absolute atomic E-state index is 7.19. The van der Waals surface area contributed by atoms with Gasteiger partial charge in [0.05, 0.1) is 0 Å². The maximum Gasteiger partial charge on any atom is 0.466 e. The van der Waals surface area contributed by atoms with Crippen molar-refractivity contribution in [3.8, 4) is 0 Å². The van der Waals surface area contributed by atoms with Crippen LogP contribution < -0.4 is 0 Å². The van der Waals surface area contributed by atoms with Crippen LogP contribution in [0.2, 0.25) is 64.0 Å². The maximum atomic E-state index is 7.19. The van der Waals surface area contributed by atoms with E-state index in [-0.39, 0.29) is 0 Å². The van der Waals surface area contributed by atoms with Crippen LogP contribution in [0.15, 0.2) is 0 Å². The van der Waals surface area contributed by atoms with E-state index < -0.39 is 33.8 Å². The Balaban J connectivity index is 5.72. The van der Waals surface area contributed by atoms with Crippen LogP contribution in [0, 0.1) is 0 Å². The summed E-state index contributed by atoms with van der Waals surface area (Å²) in [5.74, 6) is 0. The molecule has 0 fully saturated rings. The minimum absolute atomic E-state index is 1.25. The van der Waals surface area contributed by atoms with Crippen LogP contribution in [0.5, 0.6) is 0 Å². The molecular weight excluding hydrogens is 389 g/mol. The number of rotatable bonds is 15. The Morgan fingerprint density at radius 3 is 1.04 bits per heavy atom. The number of unbranched alkanes of at least 4 members (excludes halogenated alkanes) is 3. The standard InChI is InChI=1S/C19H48O3Si4/c1-11-14-17-26(18-15-12-2,19-16-13-3)22-25(10,20-23(4,5)6)21-24(7,8)9/h11-19H2,1-10H3. The minimum Gasteiger partial charge on any atom is -0.417 e. The molecule has 0 bridgehead atoms. The van der Waals surface area contributed by atoms with Crippen LogP contribution in [0.4, 0.5) is 0 Å². The molecule has 0 spiro atoms. The Bertz CT molecular complexity index is 340. The van der Waals surface area contributed by atoms with Crippen molar-refractivity contribution in [1.82, 2.24) is 0 Å². The molecule has 0 saturated carbocycles. The van der Waals surface area contributed by atoms with Gasteiger partial charge in [-0.2, -0.15) is 0 Å². The van der Waals surface area contributed by atoms with Crippen LogP contribution in [-0.2, 0) is 12.3 Å². The second-order valence-corrected chi connectivity index (χ2v) is 26.4. The van der Waals surface area contributed by atoms with E-state index in [1.165, 1.54) is 56.7 Å². The van der Waals surface area contributed by atoms with E-state index in [0.717, 1.165) is 0 Å². The van der Waals surface area contributed by atoms with E-state index in [0.29, 0.717) is 0 Å².